The van der Waals surface area contributed by atoms with Crippen LogP contribution in [0.1, 0.15) is 31.2 Å². The molecule has 2 rings (SSSR count). The van der Waals surface area contributed by atoms with E-state index in [1.165, 1.54) is 13.0 Å². The summed E-state index contributed by atoms with van der Waals surface area (Å²) in [4.78, 5) is 11.1. The van der Waals surface area contributed by atoms with Gasteiger partial charge in [-0.3, -0.25) is 4.79 Å². The molecule has 1 N–H and O–H groups in total. The minimum absolute atomic E-state index is 0.276. The predicted octanol–water partition coefficient (Wildman–Crippen LogP) is 2.24. The highest BCUT2D eigenvalue weighted by atomic mass is 19.1. The van der Waals surface area contributed by atoms with Crippen LogP contribution in [0.2, 0.25) is 0 Å². The molecule has 2 atom stereocenters. The van der Waals surface area contributed by atoms with Crippen molar-refractivity contribution in [1.82, 2.24) is 5.32 Å². The van der Waals surface area contributed by atoms with E-state index in [2.05, 4.69) is 5.32 Å². The summed E-state index contributed by atoms with van der Waals surface area (Å²) in [6, 6.07) is 5.33. The van der Waals surface area contributed by atoms with Crippen LogP contribution in [-0.2, 0) is 4.79 Å². The van der Waals surface area contributed by atoms with Crippen LogP contribution in [0, 0.1) is 23.0 Å². The van der Waals surface area contributed by atoms with Gasteiger partial charge in [-0.15, -0.1) is 0 Å². The highest BCUT2D eigenvalue weighted by Gasteiger charge is 2.49. The number of nitriles is 1. The number of nitrogens with zero attached hydrogens (tertiary/aromatic N) is 1. The second-order valence-corrected chi connectivity index (χ2v) is 4.52. The zero-order chi connectivity index (χ0) is 13.3. The molecule has 0 saturated heterocycles. The summed E-state index contributed by atoms with van der Waals surface area (Å²) in [5.41, 5.74) is -0.789. The molecule has 18 heavy (non-hydrogen) atoms. The van der Waals surface area contributed by atoms with Gasteiger partial charge in [0.25, 0.3) is 0 Å². The number of rotatable bonds is 2. The molecule has 0 bridgehead atoms. The molecule has 2 unspecified atom stereocenters. The highest BCUT2D eigenvalue weighted by Crippen LogP contribution is 2.46. The van der Waals surface area contributed by atoms with Crippen molar-refractivity contribution in [3.63, 3.8) is 0 Å². The summed E-state index contributed by atoms with van der Waals surface area (Å²) in [5.74, 6) is -2.09. The number of halogens is 2. The van der Waals surface area contributed by atoms with Crippen LogP contribution in [0.5, 0.6) is 0 Å². The molecular formula is C13H12F2N2O. The van der Waals surface area contributed by atoms with E-state index in [1.54, 1.807) is 0 Å². The fourth-order valence-electron chi connectivity index (χ4n) is 2.41. The Kier molecular flexibility index (Phi) is 3.04. The average Bonchev–Trinajstić information content (AvgIpc) is 2.27. The fourth-order valence-corrected chi connectivity index (χ4v) is 2.41. The monoisotopic (exact) mass is 250 g/mol. The lowest BCUT2D eigenvalue weighted by Gasteiger charge is -2.44. The maximum absolute atomic E-state index is 13.7. The number of carbonyl (C=O) groups excluding carboxylic acids is 1. The van der Waals surface area contributed by atoms with Gasteiger partial charge in [-0.2, -0.15) is 5.26 Å². The van der Waals surface area contributed by atoms with Crippen LogP contribution in [0.3, 0.4) is 0 Å². The van der Waals surface area contributed by atoms with Crippen LogP contribution >= 0.6 is 0 Å². The lowest BCUT2D eigenvalue weighted by atomic mass is 9.64. The van der Waals surface area contributed by atoms with E-state index in [0.29, 0.717) is 12.8 Å². The molecule has 0 heterocycles. The molecule has 0 spiro atoms. The molecule has 1 aromatic rings. The Balaban J connectivity index is 2.34. The van der Waals surface area contributed by atoms with Gasteiger partial charge < -0.3 is 5.32 Å². The summed E-state index contributed by atoms with van der Waals surface area (Å²) >= 11 is 0. The first-order chi connectivity index (χ1) is 8.48. The topological polar surface area (TPSA) is 52.9 Å². The van der Waals surface area contributed by atoms with E-state index < -0.39 is 23.1 Å². The minimum atomic E-state index is -1.06. The lowest BCUT2D eigenvalue weighted by Crippen LogP contribution is -2.57. The molecule has 1 saturated carbocycles. The average molecular weight is 250 g/mol. The van der Waals surface area contributed by atoms with Gasteiger partial charge in [0.15, 0.2) is 0 Å². The first kappa shape index (κ1) is 12.5. The Hall–Kier alpha value is -1.96. The van der Waals surface area contributed by atoms with Crippen molar-refractivity contribution in [3.05, 3.63) is 35.4 Å². The van der Waals surface area contributed by atoms with Crippen molar-refractivity contribution in [2.75, 3.05) is 0 Å². The molecule has 1 amide bonds. The first-order valence-electron chi connectivity index (χ1n) is 5.63. The van der Waals surface area contributed by atoms with Gasteiger partial charge in [0, 0.05) is 18.9 Å². The van der Waals surface area contributed by atoms with Crippen LogP contribution in [0.25, 0.3) is 0 Å². The second-order valence-electron chi connectivity index (χ2n) is 4.52. The van der Waals surface area contributed by atoms with Gasteiger partial charge in [0.1, 0.15) is 17.2 Å². The standard InChI is InChI=1S/C13H12F2N2O/c1-8(18)17-13(7-16)5-4-11(13)10-3-2-9(14)6-12(10)15/h2-3,6,11H,4-5H2,1H3,(H,17,18). The van der Waals surface area contributed by atoms with Gasteiger partial charge in [0.05, 0.1) is 6.07 Å². The van der Waals surface area contributed by atoms with E-state index in [0.717, 1.165) is 12.1 Å². The third-order valence-corrected chi connectivity index (χ3v) is 3.36. The van der Waals surface area contributed by atoms with Gasteiger partial charge >= 0.3 is 0 Å². The zero-order valence-electron chi connectivity index (χ0n) is 9.84. The first-order valence-corrected chi connectivity index (χ1v) is 5.63. The van der Waals surface area contributed by atoms with Crippen LogP contribution in [-0.4, -0.2) is 11.4 Å². The molecule has 0 aliphatic heterocycles. The predicted molar refractivity (Wildman–Crippen MR) is 60.5 cm³/mol. The molecule has 1 fully saturated rings. The van der Waals surface area contributed by atoms with Crippen LogP contribution < -0.4 is 5.32 Å². The van der Waals surface area contributed by atoms with Gasteiger partial charge in [-0.1, -0.05) is 6.07 Å². The quantitative estimate of drug-likeness (QED) is 0.875. The lowest BCUT2D eigenvalue weighted by molar-refractivity contribution is -0.121. The third kappa shape index (κ3) is 1.94. The smallest absolute Gasteiger partial charge is 0.218 e. The molecule has 0 radical (unpaired) electrons. The van der Waals surface area contributed by atoms with Crippen LogP contribution in [0.4, 0.5) is 8.78 Å². The molecule has 3 nitrogen and oxygen atoms in total. The van der Waals surface area contributed by atoms with Crippen molar-refractivity contribution in [2.24, 2.45) is 0 Å². The van der Waals surface area contributed by atoms with Gasteiger partial charge in [-0.05, 0) is 24.5 Å². The molecule has 1 aromatic carbocycles. The van der Waals surface area contributed by atoms with Crippen molar-refractivity contribution < 1.29 is 13.6 Å². The fraction of sp³-hybridized carbons (Fsp3) is 0.385. The summed E-state index contributed by atoms with van der Waals surface area (Å²) < 4.78 is 26.5. The third-order valence-electron chi connectivity index (χ3n) is 3.36. The molecular weight excluding hydrogens is 238 g/mol. The SMILES string of the molecule is CC(=O)NC1(C#N)CCC1c1ccc(F)cc1F. The number of benzene rings is 1. The van der Waals surface area contributed by atoms with E-state index in [1.807, 2.05) is 6.07 Å². The van der Waals surface area contributed by atoms with Crippen LogP contribution in [0.15, 0.2) is 18.2 Å². The van der Waals surface area contributed by atoms with Gasteiger partial charge in [-0.25, -0.2) is 8.78 Å². The number of nitrogens with one attached hydrogen (secondary N) is 1. The highest BCUT2D eigenvalue weighted by molar-refractivity contribution is 5.75. The van der Waals surface area contributed by atoms with E-state index in [4.69, 9.17) is 0 Å². The summed E-state index contributed by atoms with van der Waals surface area (Å²) in [6.07, 6.45) is 1.07. The zero-order valence-corrected chi connectivity index (χ0v) is 9.84. The Morgan fingerprint density at radius 2 is 2.28 bits per heavy atom. The summed E-state index contributed by atoms with van der Waals surface area (Å²) in [6.45, 7) is 1.31. The minimum Gasteiger partial charge on any atom is -0.338 e. The molecule has 5 heteroatoms. The normalized spacial score (nSPS) is 26.0. The molecule has 1 aliphatic rings. The molecule has 1 aliphatic carbocycles. The van der Waals surface area contributed by atoms with Crippen molar-refractivity contribution in [2.45, 2.75) is 31.2 Å². The number of hydrogen-bond acceptors (Lipinski definition) is 2. The summed E-state index contributed by atoms with van der Waals surface area (Å²) in [7, 11) is 0. The van der Waals surface area contributed by atoms with E-state index >= 15 is 0 Å². The second kappa shape index (κ2) is 4.37. The number of carbonyl (C=O) groups is 1. The number of amides is 1. The maximum atomic E-state index is 13.7. The van der Waals surface area contributed by atoms with Crippen molar-refractivity contribution >= 4 is 5.91 Å². The largest absolute Gasteiger partial charge is 0.338 e. The van der Waals surface area contributed by atoms with Crippen molar-refractivity contribution in [1.29, 1.82) is 5.26 Å². The van der Waals surface area contributed by atoms with E-state index in [-0.39, 0.29) is 11.5 Å². The molecule has 0 aromatic heterocycles. The molecule has 94 valence electrons. The Morgan fingerprint density at radius 3 is 2.72 bits per heavy atom. The Labute approximate surface area is 103 Å². The van der Waals surface area contributed by atoms with Crippen molar-refractivity contribution in [3.8, 4) is 6.07 Å². The van der Waals surface area contributed by atoms with Gasteiger partial charge in [0.2, 0.25) is 5.91 Å². The number of hydrogen-bond donors (Lipinski definition) is 1. The summed E-state index contributed by atoms with van der Waals surface area (Å²) in [5, 5.41) is 11.8. The van der Waals surface area contributed by atoms with E-state index in [9.17, 15) is 18.8 Å². The maximum Gasteiger partial charge on any atom is 0.218 e. The Morgan fingerprint density at radius 1 is 1.56 bits per heavy atom. The Bertz CT molecular complexity index is 538.